The average molecular weight is 285 g/mol. The highest BCUT2D eigenvalue weighted by Crippen LogP contribution is 2.28. The third-order valence-corrected chi connectivity index (χ3v) is 5.52. The van der Waals surface area contributed by atoms with Crippen LogP contribution in [0.3, 0.4) is 0 Å². The monoisotopic (exact) mass is 285 g/mol. The van der Waals surface area contributed by atoms with Crippen molar-refractivity contribution < 1.29 is 13.5 Å². The molecule has 0 amide bonds. The van der Waals surface area contributed by atoms with E-state index in [0.717, 1.165) is 0 Å². The quantitative estimate of drug-likeness (QED) is 0.550. The molecule has 0 radical (unpaired) electrons. The summed E-state index contributed by atoms with van der Waals surface area (Å²) in [5, 5.41) is 9.50. The van der Waals surface area contributed by atoms with Crippen LogP contribution in [-0.2, 0) is 10.0 Å². The molecule has 1 aliphatic heterocycles. The number of hydrogen-bond acceptors (Lipinski definition) is 5. The molecule has 7 heteroatoms. The zero-order valence-corrected chi connectivity index (χ0v) is 11.9. The van der Waals surface area contributed by atoms with Crippen LogP contribution in [0.2, 0.25) is 0 Å². The molecule has 0 aliphatic carbocycles. The first-order chi connectivity index (χ1) is 8.86. The number of nitrogens with one attached hydrogen (secondary N) is 1. The van der Waals surface area contributed by atoms with Gasteiger partial charge in [0.15, 0.2) is 0 Å². The van der Waals surface area contributed by atoms with Crippen molar-refractivity contribution in [3.8, 4) is 0 Å². The van der Waals surface area contributed by atoms with Crippen LogP contribution in [0.25, 0.3) is 0 Å². The normalized spacial score (nSPS) is 20.7. The summed E-state index contributed by atoms with van der Waals surface area (Å²) in [5.74, 6) is 5.34. The number of hydrogen-bond donors (Lipinski definition) is 3. The molecule has 4 N–H and O–H groups in total. The lowest BCUT2D eigenvalue weighted by atomic mass is 10.1. The zero-order valence-electron chi connectivity index (χ0n) is 11.0. The van der Waals surface area contributed by atoms with Gasteiger partial charge in [0, 0.05) is 18.8 Å². The lowest BCUT2D eigenvalue weighted by Gasteiger charge is -2.19. The van der Waals surface area contributed by atoms with E-state index in [-0.39, 0.29) is 6.54 Å². The highest BCUT2D eigenvalue weighted by atomic mass is 32.2. The Labute approximate surface area is 113 Å². The van der Waals surface area contributed by atoms with Crippen molar-refractivity contribution in [1.29, 1.82) is 0 Å². The van der Waals surface area contributed by atoms with Crippen LogP contribution < -0.4 is 11.3 Å². The van der Waals surface area contributed by atoms with Crippen LogP contribution in [0, 0.1) is 13.8 Å². The number of aliphatic hydroxyl groups excluding tert-OH is 1. The third kappa shape index (κ3) is 2.59. The van der Waals surface area contributed by atoms with E-state index in [0.29, 0.717) is 34.7 Å². The molecule has 0 aromatic heterocycles. The third-order valence-electron chi connectivity index (χ3n) is 3.35. The van der Waals surface area contributed by atoms with Gasteiger partial charge in [0.05, 0.1) is 11.0 Å². The molecule has 0 spiro atoms. The number of benzene rings is 1. The van der Waals surface area contributed by atoms with E-state index in [4.69, 9.17) is 5.84 Å². The Hall–Kier alpha value is -1.15. The van der Waals surface area contributed by atoms with Gasteiger partial charge in [-0.15, -0.1) is 0 Å². The first-order valence-corrected chi connectivity index (χ1v) is 7.56. The topological polar surface area (TPSA) is 95.7 Å². The van der Waals surface area contributed by atoms with Gasteiger partial charge in [0.1, 0.15) is 0 Å². The van der Waals surface area contributed by atoms with Crippen LogP contribution in [-0.4, -0.2) is 37.0 Å². The molecule has 6 nitrogen and oxygen atoms in total. The molecule has 19 heavy (non-hydrogen) atoms. The molecule has 1 aromatic rings. The predicted molar refractivity (Wildman–Crippen MR) is 73.1 cm³/mol. The van der Waals surface area contributed by atoms with E-state index in [9.17, 15) is 13.5 Å². The van der Waals surface area contributed by atoms with Gasteiger partial charge in [-0.2, -0.15) is 4.31 Å². The number of nitrogens with zero attached hydrogens (tertiary/aromatic N) is 1. The Kier molecular flexibility index (Phi) is 3.82. The second kappa shape index (κ2) is 5.09. The number of hydrazine groups is 1. The van der Waals surface area contributed by atoms with Gasteiger partial charge < -0.3 is 10.5 Å². The molecule has 0 bridgehead atoms. The van der Waals surface area contributed by atoms with E-state index in [1.54, 1.807) is 26.0 Å². The summed E-state index contributed by atoms with van der Waals surface area (Å²) in [4.78, 5) is 0.306. The van der Waals surface area contributed by atoms with Crippen molar-refractivity contribution in [2.45, 2.75) is 31.3 Å². The molecule has 2 rings (SSSR count). The largest absolute Gasteiger partial charge is 0.392 e. The summed E-state index contributed by atoms with van der Waals surface area (Å²) >= 11 is 0. The van der Waals surface area contributed by atoms with Crippen LogP contribution in [0.4, 0.5) is 5.69 Å². The summed E-state index contributed by atoms with van der Waals surface area (Å²) < 4.78 is 26.5. The minimum absolute atomic E-state index is 0.165. The number of anilines is 1. The first-order valence-electron chi connectivity index (χ1n) is 6.12. The molecule has 106 valence electrons. The van der Waals surface area contributed by atoms with Gasteiger partial charge >= 0.3 is 0 Å². The molecule has 1 aliphatic rings. The standard InChI is InChI=1S/C12H19N3O3S/c1-8-5-10(14-13)6-9(2)12(8)19(17,18)15-4-3-11(16)7-15/h5-6,11,14,16H,3-4,7,13H2,1-2H3. The highest BCUT2D eigenvalue weighted by molar-refractivity contribution is 7.89. The van der Waals surface area contributed by atoms with E-state index in [1.165, 1.54) is 4.31 Å². The van der Waals surface area contributed by atoms with Gasteiger partial charge in [-0.05, 0) is 43.5 Å². The number of nitrogen functional groups attached to an aromatic ring is 1. The van der Waals surface area contributed by atoms with E-state index >= 15 is 0 Å². The van der Waals surface area contributed by atoms with Gasteiger partial charge in [-0.1, -0.05) is 0 Å². The van der Waals surface area contributed by atoms with E-state index in [1.807, 2.05) is 0 Å². The molecular formula is C12H19N3O3S. The fourth-order valence-electron chi connectivity index (χ4n) is 2.50. The van der Waals surface area contributed by atoms with Crippen molar-refractivity contribution >= 4 is 15.7 Å². The summed E-state index contributed by atoms with van der Waals surface area (Å²) in [6.07, 6.45) is -0.0832. The molecule has 1 aromatic carbocycles. The maximum atomic E-state index is 12.6. The van der Waals surface area contributed by atoms with E-state index < -0.39 is 16.1 Å². The predicted octanol–water partition coefficient (Wildman–Crippen LogP) is 0.344. The minimum atomic E-state index is -3.55. The molecule has 1 atom stereocenters. The minimum Gasteiger partial charge on any atom is -0.392 e. The van der Waals surface area contributed by atoms with Crippen molar-refractivity contribution in [3.05, 3.63) is 23.3 Å². The number of aryl methyl sites for hydroxylation is 2. The van der Waals surface area contributed by atoms with Gasteiger partial charge in [0.2, 0.25) is 10.0 Å². The van der Waals surface area contributed by atoms with Crippen LogP contribution in [0.5, 0.6) is 0 Å². The fraction of sp³-hybridized carbons (Fsp3) is 0.500. The fourth-order valence-corrected chi connectivity index (χ4v) is 4.40. The number of sulfonamides is 1. The molecule has 1 heterocycles. The van der Waals surface area contributed by atoms with Gasteiger partial charge in [-0.3, -0.25) is 5.84 Å². The first kappa shape index (κ1) is 14.3. The number of nitrogens with two attached hydrogens (primary N) is 1. The zero-order chi connectivity index (χ0) is 14.2. The van der Waals surface area contributed by atoms with Crippen molar-refractivity contribution in [3.63, 3.8) is 0 Å². The molecule has 1 fully saturated rings. The summed E-state index contributed by atoms with van der Waals surface area (Å²) in [5.41, 5.74) is 4.49. The van der Waals surface area contributed by atoms with Crippen molar-refractivity contribution in [2.24, 2.45) is 5.84 Å². The number of aliphatic hydroxyl groups is 1. The maximum absolute atomic E-state index is 12.6. The van der Waals surface area contributed by atoms with Crippen molar-refractivity contribution in [2.75, 3.05) is 18.5 Å². The number of β-amino-alcohol motifs (C(OH)–C–C–N with tert-alkyl or cyclic N) is 1. The lowest BCUT2D eigenvalue weighted by molar-refractivity contribution is 0.189. The van der Waals surface area contributed by atoms with Crippen LogP contribution in [0.15, 0.2) is 17.0 Å². The lowest BCUT2D eigenvalue weighted by Crippen LogP contribution is -2.30. The van der Waals surface area contributed by atoms with Gasteiger partial charge in [0.25, 0.3) is 0 Å². The Balaban J connectivity index is 2.46. The second-order valence-corrected chi connectivity index (χ2v) is 6.76. The Morgan fingerprint density at radius 3 is 2.37 bits per heavy atom. The summed E-state index contributed by atoms with van der Waals surface area (Å²) in [6.45, 7) is 4.01. The maximum Gasteiger partial charge on any atom is 0.243 e. The second-order valence-electron chi connectivity index (χ2n) is 4.89. The Morgan fingerprint density at radius 1 is 1.37 bits per heavy atom. The van der Waals surface area contributed by atoms with Crippen LogP contribution in [0.1, 0.15) is 17.5 Å². The van der Waals surface area contributed by atoms with Crippen LogP contribution >= 0.6 is 0 Å². The van der Waals surface area contributed by atoms with Gasteiger partial charge in [-0.25, -0.2) is 8.42 Å². The molecule has 0 saturated carbocycles. The smallest absolute Gasteiger partial charge is 0.243 e. The Bertz CT molecular complexity index is 563. The average Bonchev–Trinajstić information content (AvgIpc) is 2.75. The summed E-state index contributed by atoms with van der Waals surface area (Å²) in [7, 11) is -3.55. The number of rotatable bonds is 3. The van der Waals surface area contributed by atoms with E-state index in [2.05, 4.69) is 5.43 Å². The molecule has 1 saturated heterocycles. The SMILES string of the molecule is Cc1cc(NN)cc(C)c1S(=O)(=O)N1CCC(O)C1. The molecular weight excluding hydrogens is 266 g/mol. The Morgan fingerprint density at radius 2 is 1.95 bits per heavy atom. The highest BCUT2D eigenvalue weighted by Gasteiger charge is 2.33. The summed E-state index contributed by atoms with van der Waals surface area (Å²) in [6, 6.07) is 3.40. The van der Waals surface area contributed by atoms with Crippen molar-refractivity contribution in [1.82, 2.24) is 4.31 Å². The molecule has 1 unspecified atom stereocenters.